The lowest BCUT2D eigenvalue weighted by Gasteiger charge is -2.14. The first kappa shape index (κ1) is 18.3. The lowest BCUT2D eigenvalue weighted by Crippen LogP contribution is -2.40. The van der Waals surface area contributed by atoms with Gasteiger partial charge in [0, 0.05) is 12.1 Å². The second-order valence-electron chi connectivity index (χ2n) is 5.89. The summed E-state index contributed by atoms with van der Waals surface area (Å²) in [5.74, 6) is 1.63. The summed E-state index contributed by atoms with van der Waals surface area (Å²) in [4.78, 5) is 12.1. The first-order chi connectivity index (χ1) is 11.2. The Labute approximate surface area is 149 Å². The largest absolute Gasteiger partial charge is 0.457 e. The van der Waals surface area contributed by atoms with Crippen molar-refractivity contribution in [3.63, 3.8) is 0 Å². The number of carbonyl (C=O) groups is 1. The number of amides is 1. The first-order valence-corrected chi connectivity index (χ1v) is 8.06. The number of rotatable bonds is 5. The molecule has 1 amide bonds. The van der Waals surface area contributed by atoms with Crippen LogP contribution in [0.2, 0.25) is 0 Å². The Morgan fingerprint density at radius 2 is 1.96 bits per heavy atom. The molecule has 1 unspecified atom stereocenters. The average Bonchev–Trinajstić information content (AvgIpc) is 3.10. The molecule has 2 aromatic carbocycles. The van der Waals surface area contributed by atoms with Crippen LogP contribution >= 0.6 is 12.4 Å². The third kappa shape index (κ3) is 4.73. The van der Waals surface area contributed by atoms with Crippen molar-refractivity contribution in [1.29, 1.82) is 0 Å². The van der Waals surface area contributed by atoms with Crippen molar-refractivity contribution in [3.8, 4) is 11.5 Å². The van der Waals surface area contributed by atoms with Crippen LogP contribution in [0.25, 0.3) is 0 Å². The topological polar surface area (TPSA) is 50.4 Å². The number of halogens is 1. The molecule has 0 aromatic heterocycles. The zero-order valence-corrected chi connectivity index (χ0v) is 14.6. The van der Waals surface area contributed by atoms with Crippen LogP contribution in [0.5, 0.6) is 11.5 Å². The molecule has 128 valence electrons. The van der Waals surface area contributed by atoms with Crippen LogP contribution in [-0.4, -0.2) is 18.5 Å². The lowest BCUT2D eigenvalue weighted by atomic mass is 10.1. The summed E-state index contributed by atoms with van der Waals surface area (Å²) in [6.07, 6.45) is 1.97. The molecule has 1 saturated heterocycles. The molecule has 1 fully saturated rings. The van der Waals surface area contributed by atoms with Gasteiger partial charge in [0.25, 0.3) is 0 Å². The van der Waals surface area contributed by atoms with Gasteiger partial charge in [0.1, 0.15) is 11.5 Å². The van der Waals surface area contributed by atoms with Gasteiger partial charge >= 0.3 is 0 Å². The van der Waals surface area contributed by atoms with E-state index in [2.05, 4.69) is 10.6 Å². The van der Waals surface area contributed by atoms with E-state index in [1.807, 2.05) is 55.5 Å². The van der Waals surface area contributed by atoms with Gasteiger partial charge in [-0.2, -0.15) is 0 Å². The van der Waals surface area contributed by atoms with Crippen LogP contribution in [-0.2, 0) is 11.3 Å². The SMILES string of the molecule is Cc1ccc(Oc2ccccc2CNC(=O)C2CCCN2)cc1.Cl. The summed E-state index contributed by atoms with van der Waals surface area (Å²) in [6, 6.07) is 15.7. The predicted octanol–water partition coefficient (Wildman–Crippen LogP) is 3.58. The Hall–Kier alpha value is -2.04. The molecule has 0 radical (unpaired) electrons. The minimum absolute atomic E-state index is 0. The van der Waals surface area contributed by atoms with E-state index in [4.69, 9.17) is 4.74 Å². The van der Waals surface area contributed by atoms with Crippen LogP contribution in [0.1, 0.15) is 24.0 Å². The Morgan fingerprint density at radius 3 is 2.67 bits per heavy atom. The maximum Gasteiger partial charge on any atom is 0.237 e. The molecule has 1 atom stereocenters. The molecule has 5 heteroatoms. The monoisotopic (exact) mass is 346 g/mol. The summed E-state index contributed by atoms with van der Waals surface area (Å²) in [5.41, 5.74) is 2.17. The number of nitrogens with one attached hydrogen (secondary N) is 2. The second kappa shape index (κ2) is 8.71. The average molecular weight is 347 g/mol. The molecular weight excluding hydrogens is 324 g/mol. The van der Waals surface area contributed by atoms with Gasteiger partial charge in [0.05, 0.1) is 6.04 Å². The molecule has 0 bridgehead atoms. The van der Waals surface area contributed by atoms with E-state index in [1.54, 1.807) is 0 Å². The maximum absolute atomic E-state index is 12.1. The fourth-order valence-corrected chi connectivity index (χ4v) is 2.70. The van der Waals surface area contributed by atoms with E-state index in [1.165, 1.54) is 5.56 Å². The zero-order valence-electron chi connectivity index (χ0n) is 13.7. The van der Waals surface area contributed by atoms with E-state index in [9.17, 15) is 4.79 Å². The van der Waals surface area contributed by atoms with Crippen molar-refractivity contribution in [2.24, 2.45) is 0 Å². The number of hydrogen-bond acceptors (Lipinski definition) is 3. The van der Waals surface area contributed by atoms with Crippen molar-refractivity contribution in [2.75, 3.05) is 6.54 Å². The van der Waals surface area contributed by atoms with Gasteiger partial charge in [-0.1, -0.05) is 35.9 Å². The number of para-hydroxylation sites is 1. The maximum atomic E-state index is 12.1. The van der Waals surface area contributed by atoms with Crippen LogP contribution in [0.3, 0.4) is 0 Å². The number of aryl methyl sites for hydroxylation is 1. The second-order valence-corrected chi connectivity index (χ2v) is 5.89. The lowest BCUT2D eigenvalue weighted by molar-refractivity contribution is -0.122. The van der Waals surface area contributed by atoms with E-state index >= 15 is 0 Å². The van der Waals surface area contributed by atoms with Crippen LogP contribution in [0.15, 0.2) is 48.5 Å². The molecule has 2 aromatic rings. The summed E-state index contributed by atoms with van der Waals surface area (Å²) >= 11 is 0. The fourth-order valence-electron chi connectivity index (χ4n) is 2.70. The third-order valence-corrected chi connectivity index (χ3v) is 4.05. The fraction of sp³-hybridized carbons (Fsp3) is 0.316. The predicted molar refractivity (Wildman–Crippen MR) is 97.8 cm³/mol. The highest BCUT2D eigenvalue weighted by Crippen LogP contribution is 2.25. The van der Waals surface area contributed by atoms with Crippen molar-refractivity contribution in [1.82, 2.24) is 10.6 Å². The van der Waals surface area contributed by atoms with Crippen molar-refractivity contribution in [3.05, 3.63) is 59.7 Å². The van der Waals surface area contributed by atoms with Crippen molar-refractivity contribution in [2.45, 2.75) is 32.4 Å². The molecule has 4 nitrogen and oxygen atoms in total. The van der Waals surface area contributed by atoms with E-state index < -0.39 is 0 Å². The van der Waals surface area contributed by atoms with Gasteiger partial charge in [-0.05, 0) is 44.5 Å². The summed E-state index contributed by atoms with van der Waals surface area (Å²) in [7, 11) is 0. The normalized spacial score (nSPS) is 16.3. The molecule has 2 N–H and O–H groups in total. The van der Waals surface area contributed by atoms with Gasteiger partial charge < -0.3 is 15.4 Å². The van der Waals surface area contributed by atoms with Crippen LogP contribution in [0.4, 0.5) is 0 Å². The van der Waals surface area contributed by atoms with Gasteiger partial charge in [0.15, 0.2) is 0 Å². The zero-order chi connectivity index (χ0) is 16.1. The highest BCUT2D eigenvalue weighted by Gasteiger charge is 2.21. The summed E-state index contributed by atoms with van der Waals surface area (Å²) < 4.78 is 5.96. The minimum atomic E-state index is -0.0554. The number of carbonyl (C=O) groups excluding carboxylic acids is 1. The smallest absolute Gasteiger partial charge is 0.237 e. The van der Waals surface area contributed by atoms with Gasteiger partial charge in [-0.15, -0.1) is 12.4 Å². The van der Waals surface area contributed by atoms with Crippen LogP contribution in [0, 0.1) is 6.92 Å². The molecule has 1 heterocycles. The quantitative estimate of drug-likeness (QED) is 0.870. The number of ether oxygens (including phenoxy) is 1. The van der Waals surface area contributed by atoms with E-state index in [-0.39, 0.29) is 24.4 Å². The third-order valence-electron chi connectivity index (χ3n) is 4.05. The molecule has 0 saturated carbocycles. The molecule has 1 aliphatic heterocycles. The van der Waals surface area contributed by atoms with Crippen LogP contribution < -0.4 is 15.4 Å². The molecule has 1 aliphatic rings. The van der Waals surface area contributed by atoms with Crippen molar-refractivity contribution < 1.29 is 9.53 Å². The first-order valence-electron chi connectivity index (χ1n) is 8.06. The summed E-state index contributed by atoms with van der Waals surface area (Å²) in [5, 5.41) is 6.20. The molecule has 3 rings (SSSR count). The number of hydrogen-bond donors (Lipinski definition) is 2. The molecule has 24 heavy (non-hydrogen) atoms. The van der Waals surface area contributed by atoms with E-state index in [0.717, 1.165) is 36.4 Å². The highest BCUT2D eigenvalue weighted by atomic mass is 35.5. The molecule has 0 aliphatic carbocycles. The summed E-state index contributed by atoms with van der Waals surface area (Å²) in [6.45, 7) is 3.44. The van der Waals surface area contributed by atoms with Crippen molar-refractivity contribution >= 4 is 18.3 Å². The Kier molecular flexibility index (Phi) is 6.64. The molecular formula is C19H23ClN2O2. The van der Waals surface area contributed by atoms with Gasteiger partial charge in [0.2, 0.25) is 5.91 Å². The standard InChI is InChI=1S/C19H22N2O2.ClH/c1-14-8-10-16(11-9-14)23-18-7-3-2-5-15(18)13-21-19(22)17-6-4-12-20-17;/h2-3,5,7-11,17,20H,4,6,12-13H2,1H3,(H,21,22);1H. The Balaban J connectivity index is 0.00000208. The highest BCUT2D eigenvalue weighted by molar-refractivity contribution is 5.85. The number of benzene rings is 2. The van der Waals surface area contributed by atoms with Gasteiger partial charge in [-0.25, -0.2) is 0 Å². The van der Waals surface area contributed by atoms with Gasteiger partial charge in [-0.3, -0.25) is 4.79 Å². The Bertz CT molecular complexity index is 667. The Morgan fingerprint density at radius 1 is 1.21 bits per heavy atom. The van der Waals surface area contributed by atoms with E-state index in [0.29, 0.717) is 6.54 Å². The molecule has 0 spiro atoms. The minimum Gasteiger partial charge on any atom is -0.457 e.